The van der Waals surface area contributed by atoms with Gasteiger partial charge < -0.3 is 14.6 Å². The summed E-state index contributed by atoms with van der Waals surface area (Å²) in [6, 6.07) is 1.42. The summed E-state index contributed by atoms with van der Waals surface area (Å²) in [7, 11) is -1.30. The Balaban J connectivity index is 3.31. The van der Waals surface area contributed by atoms with Crippen molar-refractivity contribution in [2.75, 3.05) is 14.2 Å². The van der Waals surface area contributed by atoms with Crippen LogP contribution >= 0.6 is 15.9 Å². The smallest absolute Gasteiger partial charge is 0.321 e. The number of benzene rings is 1. The van der Waals surface area contributed by atoms with Crippen LogP contribution in [0.2, 0.25) is 0 Å². The summed E-state index contributed by atoms with van der Waals surface area (Å²) in [4.78, 5) is 10.6. The number of carboxylic acid groups (broad SMARTS) is 1. The molecule has 0 radical (unpaired) electrons. The molecule has 0 aliphatic carbocycles. The van der Waals surface area contributed by atoms with E-state index in [0.29, 0.717) is 10.2 Å². The molecule has 20 heavy (non-hydrogen) atoms. The molecule has 9 heteroatoms. The highest BCUT2D eigenvalue weighted by molar-refractivity contribution is 9.10. The number of hydrogen-bond donors (Lipinski definition) is 2. The van der Waals surface area contributed by atoms with Gasteiger partial charge in [-0.2, -0.15) is 4.72 Å². The number of nitrogens with one attached hydrogen (secondary N) is 1. The Labute approximate surface area is 125 Å². The predicted octanol–water partition coefficient (Wildman–Crippen LogP) is 1.22. The first kappa shape index (κ1) is 16.7. The van der Waals surface area contributed by atoms with Gasteiger partial charge in [-0.05, 0) is 28.9 Å². The van der Waals surface area contributed by atoms with Crippen molar-refractivity contribution in [3.8, 4) is 11.5 Å². The molecular weight excluding hydrogens is 354 g/mol. The molecule has 1 aromatic rings. The minimum atomic E-state index is -4.04. The van der Waals surface area contributed by atoms with Crippen LogP contribution in [0, 0.1) is 0 Å². The summed E-state index contributed by atoms with van der Waals surface area (Å²) in [5.74, 6) is -0.831. The number of carboxylic acids is 1. The van der Waals surface area contributed by atoms with E-state index in [0.717, 1.165) is 0 Å². The number of halogens is 1. The van der Waals surface area contributed by atoms with Gasteiger partial charge in [0.25, 0.3) is 0 Å². The molecule has 1 unspecified atom stereocenters. The molecule has 0 spiro atoms. The highest BCUT2D eigenvalue weighted by atomic mass is 79.9. The molecule has 2 N–H and O–H groups in total. The number of hydrogen-bond acceptors (Lipinski definition) is 5. The molecule has 1 aromatic carbocycles. The Morgan fingerprint density at radius 2 is 1.85 bits per heavy atom. The lowest BCUT2D eigenvalue weighted by Crippen LogP contribution is -2.38. The van der Waals surface area contributed by atoms with Crippen molar-refractivity contribution >= 4 is 31.9 Å². The van der Waals surface area contributed by atoms with Gasteiger partial charge >= 0.3 is 5.97 Å². The molecule has 0 amide bonds. The first-order valence-corrected chi connectivity index (χ1v) is 7.67. The Bertz CT molecular complexity index is 616. The van der Waals surface area contributed by atoms with Crippen LogP contribution in [0.5, 0.6) is 11.5 Å². The third-order valence-electron chi connectivity index (χ3n) is 2.43. The number of rotatable bonds is 6. The van der Waals surface area contributed by atoms with Crippen LogP contribution in [0.25, 0.3) is 0 Å². The zero-order valence-corrected chi connectivity index (χ0v) is 13.4. The maximum Gasteiger partial charge on any atom is 0.321 e. The van der Waals surface area contributed by atoms with E-state index in [1.165, 1.54) is 33.3 Å². The van der Waals surface area contributed by atoms with Gasteiger partial charge in [-0.3, -0.25) is 4.79 Å². The van der Waals surface area contributed by atoms with E-state index in [1.54, 1.807) is 0 Å². The van der Waals surface area contributed by atoms with Crippen molar-refractivity contribution in [3.05, 3.63) is 16.6 Å². The second kappa shape index (κ2) is 6.42. The predicted molar refractivity (Wildman–Crippen MR) is 74.7 cm³/mol. The van der Waals surface area contributed by atoms with Crippen LogP contribution in [0.4, 0.5) is 0 Å². The maximum absolute atomic E-state index is 12.2. The summed E-state index contributed by atoms with van der Waals surface area (Å²) in [5.41, 5.74) is 0. The van der Waals surface area contributed by atoms with Gasteiger partial charge in [0, 0.05) is 6.07 Å². The van der Waals surface area contributed by atoms with Gasteiger partial charge in [-0.25, -0.2) is 8.42 Å². The topological polar surface area (TPSA) is 102 Å². The number of sulfonamides is 1. The third kappa shape index (κ3) is 3.62. The van der Waals surface area contributed by atoms with E-state index in [9.17, 15) is 13.2 Å². The van der Waals surface area contributed by atoms with Crippen LogP contribution in [0.15, 0.2) is 21.5 Å². The molecule has 0 aromatic heterocycles. The van der Waals surface area contributed by atoms with E-state index >= 15 is 0 Å². The molecule has 0 fully saturated rings. The van der Waals surface area contributed by atoms with Crippen LogP contribution in [0.3, 0.4) is 0 Å². The van der Waals surface area contributed by atoms with Crippen molar-refractivity contribution in [1.29, 1.82) is 0 Å². The average molecular weight is 368 g/mol. The number of carbonyl (C=O) groups is 1. The third-order valence-corrected chi connectivity index (χ3v) is 4.61. The van der Waals surface area contributed by atoms with E-state index in [2.05, 4.69) is 15.9 Å². The first-order chi connectivity index (χ1) is 9.22. The van der Waals surface area contributed by atoms with Crippen LogP contribution in [0.1, 0.15) is 6.92 Å². The van der Waals surface area contributed by atoms with Gasteiger partial charge in [-0.15, -0.1) is 0 Å². The van der Waals surface area contributed by atoms with Crippen molar-refractivity contribution in [1.82, 2.24) is 4.72 Å². The minimum absolute atomic E-state index is 0.0511. The highest BCUT2D eigenvalue weighted by Crippen LogP contribution is 2.35. The van der Waals surface area contributed by atoms with Gasteiger partial charge in [0.05, 0.1) is 18.7 Å². The zero-order chi connectivity index (χ0) is 15.5. The van der Waals surface area contributed by atoms with Crippen molar-refractivity contribution in [3.63, 3.8) is 0 Å². The van der Waals surface area contributed by atoms with Crippen molar-refractivity contribution in [2.24, 2.45) is 0 Å². The molecule has 0 aliphatic rings. The normalized spacial score (nSPS) is 12.8. The molecular formula is C11H14BrNO6S. The largest absolute Gasteiger partial charge is 0.495 e. The molecule has 0 bridgehead atoms. The van der Waals surface area contributed by atoms with Crippen LogP contribution in [-0.2, 0) is 14.8 Å². The van der Waals surface area contributed by atoms with Crippen molar-refractivity contribution < 1.29 is 27.8 Å². The molecule has 7 nitrogen and oxygen atoms in total. The monoisotopic (exact) mass is 367 g/mol. The van der Waals surface area contributed by atoms with Gasteiger partial charge in [-0.1, -0.05) is 0 Å². The Kier molecular flexibility index (Phi) is 5.37. The second-order valence-corrected chi connectivity index (χ2v) is 6.36. The van der Waals surface area contributed by atoms with Crippen LogP contribution < -0.4 is 14.2 Å². The summed E-state index contributed by atoms with van der Waals surface area (Å²) in [6.07, 6.45) is 0. The molecule has 0 saturated carbocycles. The lowest BCUT2D eigenvalue weighted by atomic mass is 10.3. The minimum Gasteiger partial charge on any atom is -0.495 e. The van der Waals surface area contributed by atoms with Crippen molar-refractivity contribution in [2.45, 2.75) is 17.9 Å². The maximum atomic E-state index is 12.2. The fraction of sp³-hybridized carbons (Fsp3) is 0.364. The van der Waals surface area contributed by atoms with E-state index in [-0.39, 0.29) is 10.6 Å². The van der Waals surface area contributed by atoms with Crippen LogP contribution in [-0.4, -0.2) is 39.8 Å². The van der Waals surface area contributed by atoms with Gasteiger partial charge in [0.2, 0.25) is 10.0 Å². The SMILES string of the molecule is COc1cc(OC)c(S(=O)(=O)NC(C)C(=O)O)cc1Br. The average Bonchev–Trinajstić information content (AvgIpc) is 2.37. The lowest BCUT2D eigenvalue weighted by molar-refractivity contribution is -0.138. The number of ether oxygens (including phenoxy) is 2. The Hall–Kier alpha value is -1.32. The molecule has 1 atom stereocenters. The highest BCUT2D eigenvalue weighted by Gasteiger charge is 2.26. The van der Waals surface area contributed by atoms with E-state index < -0.39 is 22.0 Å². The van der Waals surface area contributed by atoms with E-state index in [1.807, 2.05) is 4.72 Å². The van der Waals surface area contributed by atoms with Gasteiger partial charge in [0.1, 0.15) is 22.4 Å². The fourth-order valence-electron chi connectivity index (χ4n) is 1.39. The quantitative estimate of drug-likeness (QED) is 0.783. The molecule has 0 aliphatic heterocycles. The number of aliphatic carboxylic acids is 1. The summed E-state index contributed by atoms with van der Waals surface area (Å²) in [6.45, 7) is 1.23. The fourth-order valence-corrected chi connectivity index (χ4v) is 3.42. The summed E-state index contributed by atoms with van der Waals surface area (Å²) in [5, 5.41) is 8.77. The van der Waals surface area contributed by atoms with Gasteiger partial charge in [0.15, 0.2) is 0 Å². The summed E-state index contributed by atoms with van der Waals surface area (Å²) < 4.78 is 36.8. The number of methoxy groups -OCH3 is 2. The Morgan fingerprint density at radius 1 is 1.30 bits per heavy atom. The van der Waals surface area contributed by atoms with E-state index in [4.69, 9.17) is 14.6 Å². The molecule has 0 saturated heterocycles. The Morgan fingerprint density at radius 3 is 2.30 bits per heavy atom. The first-order valence-electron chi connectivity index (χ1n) is 5.39. The molecule has 112 valence electrons. The second-order valence-electron chi connectivity index (χ2n) is 3.82. The molecule has 0 heterocycles. The zero-order valence-electron chi connectivity index (χ0n) is 11.0. The standard InChI is InChI=1S/C11H14BrNO6S/c1-6(11(14)15)13-20(16,17)10-4-7(12)8(18-2)5-9(10)19-3/h4-6,13H,1-3H3,(H,14,15). The summed E-state index contributed by atoms with van der Waals surface area (Å²) >= 11 is 3.17. The lowest BCUT2D eigenvalue weighted by Gasteiger charge is -2.15. The molecule has 1 rings (SSSR count).